The number of halogens is 4. The van der Waals surface area contributed by atoms with Crippen LogP contribution < -0.4 is 10.1 Å². The highest BCUT2D eigenvalue weighted by Gasteiger charge is 2.39. The third-order valence-corrected chi connectivity index (χ3v) is 4.12. The Morgan fingerprint density at radius 1 is 1.22 bits per heavy atom. The first-order valence-corrected chi connectivity index (χ1v) is 8.50. The predicted molar refractivity (Wildman–Crippen MR) is 94.3 cm³/mol. The van der Waals surface area contributed by atoms with E-state index in [1.807, 2.05) is 13.0 Å². The van der Waals surface area contributed by atoms with Crippen LogP contribution in [0.15, 0.2) is 30.5 Å². The summed E-state index contributed by atoms with van der Waals surface area (Å²) in [5.41, 5.74) is -0.104. The summed E-state index contributed by atoms with van der Waals surface area (Å²) in [4.78, 5) is 12.1. The number of nitrogens with zero attached hydrogens (tertiary/aromatic N) is 1. The molecule has 27 heavy (non-hydrogen) atoms. The molecule has 2 aromatic rings. The van der Waals surface area contributed by atoms with E-state index >= 15 is 0 Å². The summed E-state index contributed by atoms with van der Waals surface area (Å²) >= 11 is 0. The van der Waals surface area contributed by atoms with Gasteiger partial charge in [-0.15, -0.1) is 0 Å². The largest absolute Gasteiger partial charge is 0.421 e. The maximum atomic E-state index is 14.0. The molecule has 0 aliphatic heterocycles. The third-order valence-electron chi connectivity index (χ3n) is 4.12. The van der Waals surface area contributed by atoms with Crippen molar-refractivity contribution >= 4 is 11.8 Å². The van der Waals surface area contributed by atoms with Crippen LogP contribution in [-0.2, 0) is 13.2 Å². The molecule has 1 heterocycles. The van der Waals surface area contributed by atoms with Crippen LogP contribution in [0.4, 0.5) is 28.0 Å². The number of rotatable bonds is 5. The number of carbonyl (C=O) groups is 1. The molecule has 8 heteroatoms. The Balaban J connectivity index is 2.23. The number of aryl methyl sites for hydroxylation is 1. The molecule has 148 valence electrons. The molecule has 0 aliphatic carbocycles. The SMILES string of the molecule is CC(C)CC(C)c1ccccc1NC(=O)Oc1c(C(F)(F)F)cn(C)c1F. The summed E-state index contributed by atoms with van der Waals surface area (Å²) in [6.45, 7) is 6.12. The summed E-state index contributed by atoms with van der Waals surface area (Å²) in [6.07, 6.45) is -4.63. The summed E-state index contributed by atoms with van der Waals surface area (Å²) in [5.74, 6) is -1.89. The van der Waals surface area contributed by atoms with Crippen molar-refractivity contribution in [3.63, 3.8) is 0 Å². The van der Waals surface area contributed by atoms with Gasteiger partial charge in [0, 0.05) is 18.9 Å². The molecule has 0 saturated heterocycles. The van der Waals surface area contributed by atoms with Crippen LogP contribution in [-0.4, -0.2) is 10.7 Å². The number of anilines is 1. The van der Waals surface area contributed by atoms with Gasteiger partial charge >= 0.3 is 12.3 Å². The van der Waals surface area contributed by atoms with Gasteiger partial charge < -0.3 is 9.30 Å². The third kappa shape index (κ3) is 5.02. The van der Waals surface area contributed by atoms with Gasteiger partial charge in [-0.3, -0.25) is 5.32 Å². The molecule has 0 aliphatic rings. The van der Waals surface area contributed by atoms with Crippen LogP contribution in [0, 0.1) is 11.9 Å². The van der Waals surface area contributed by atoms with E-state index in [1.54, 1.807) is 18.2 Å². The quantitative estimate of drug-likeness (QED) is 0.646. The maximum absolute atomic E-state index is 14.0. The zero-order valence-corrected chi connectivity index (χ0v) is 15.5. The molecular weight excluding hydrogens is 364 g/mol. The van der Waals surface area contributed by atoms with Crippen LogP contribution in [0.5, 0.6) is 5.75 Å². The number of hydrogen-bond donors (Lipinski definition) is 1. The van der Waals surface area contributed by atoms with Crippen LogP contribution in [0.25, 0.3) is 0 Å². The average Bonchev–Trinajstić information content (AvgIpc) is 2.83. The number of nitrogens with one attached hydrogen (secondary N) is 1. The standard InChI is InChI=1S/C19H22F4N2O2/c1-11(2)9-12(3)13-7-5-6-8-15(13)24-18(26)27-16-14(19(21,22)23)10-25(4)17(16)20/h5-8,10-12H,9H2,1-4H3,(H,24,26). The van der Waals surface area contributed by atoms with Gasteiger partial charge in [0.15, 0.2) is 5.75 Å². The second-order valence-electron chi connectivity index (χ2n) is 6.90. The number of ether oxygens (including phenoxy) is 1. The normalized spacial score (nSPS) is 12.9. The second-order valence-corrected chi connectivity index (χ2v) is 6.90. The lowest BCUT2D eigenvalue weighted by molar-refractivity contribution is -0.138. The molecule has 1 aromatic heterocycles. The summed E-state index contributed by atoms with van der Waals surface area (Å²) in [5, 5.41) is 2.42. The topological polar surface area (TPSA) is 43.3 Å². The molecule has 0 radical (unpaired) electrons. The van der Waals surface area contributed by atoms with E-state index in [0.717, 1.165) is 19.0 Å². The molecule has 1 N–H and O–H groups in total. The summed E-state index contributed by atoms with van der Waals surface area (Å²) in [7, 11) is 1.10. The lowest BCUT2D eigenvalue weighted by atomic mass is 9.91. The van der Waals surface area contributed by atoms with Gasteiger partial charge in [0.1, 0.15) is 5.56 Å². The van der Waals surface area contributed by atoms with E-state index in [0.29, 0.717) is 22.4 Å². The zero-order valence-electron chi connectivity index (χ0n) is 15.5. The number of amides is 1. The molecule has 1 atom stereocenters. The van der Waals surface area contributed by atoms with E-state index in [-0.39, 0.29) is 5.92 Å². The lowest BCUT2D eigenvalue weighted by Gasteiger charge is -2.18. The Kier molecular flexibility index (Phi) is 6.18. The van der Waals surface area contributed by atoms with Crippen molar-refractivity contribution in [2.24, 2.45) is 13.0 Å². The van der Waals surface area contributed by atoms with Crippen molar-refractivity contribution in [2.75, 3.05) is 5.32 Å². The fourth-order valence-corrected chi connectivity index (χ4v) is 2.98. The number of alkyl halides is 3. The minimum Gasteiger partial charge on any atom is -0.405 e. The molecule has 0 bridgehead atoms. The van der Waals surface area contributed by atoms with Gasteiger partial charge in [-0.2, -0.15) is 17.6 Å². The van der Waals surface area contributed by atoms with E-state index < -0.39 is 29.5 Å². The Morgan fingerprint density at radius 2 is 1.85 bits per heavy atom. The van der Waals surface area contributed by atoms with E-state index in [2.05, 4.69) is 23.9 Å². The van der Waals surface area contributed by atoms with Crippen molar-refractivity contribution in [2.45, 2.75) is 39.3 Å². The lowest BCUT2D eigenvalue weighted by Crippen LogP contribution is -2.20. The first-order valence-electron chi connectivity index (χ1n) is 8.50. The smallest absolute Gasteiger partial charge is 0.405 e. The van der Waals surface area contributed by atoms with E-state index in [1.165, 1.54) is 0 Å². The van der Waals surface area contributed by atoms with Crippen molar-refractivity contribution in [1.82, 2.24) is 4.57 Å². The predicted octanol–water partition coefficient (Wildman–Crippen LogP) is 5.94. The molecule has 1 aromatic carbocycles. The highest BCUT2D eigenvalue weighted by molar-refractivity contribution is 5.87. The van der Waals surface area contributed by atoms with Gasteiger partial charge in [0.2, 0.25) is 5.95 Å². The minimum atomic E-state index is -4.85. The Labute approximate surface area is 155 Å². The van der Waals surface area contributed by atoms with Gasteiger partial charge in [-0.25, -0.2) is 4.79 Å². The van der Waals surface area contributed by atoms with Crippen molar-refractivity contribution in [3.05, 3.63) is 47.5 Å². The van der Waals surface area contributed by atoms with E-state index in [9.17, 15) is 22.4 Å². The molecular formula is C19H22F4N2O2. The number of benzene rings is 1. The van der Waals surface area contributed by atoms with Crippen LogP contribution in [0.2, 0.25) is 0 Å². The Bertz CT molecular complexity index is 813. The molecule has 1 unspecified atom stereocenters. The minimum absolute atomic E-state index is 0.112. The van der Waals surface area contributed by atoms with Crippen molar-refractivity contribution in [1.29, 1.82) is 0 Å². The molecule has 2 rings (SSSR count). The molecule has 0 fully saturated rings. The number of para-hydroxylation sites is 1. The molecule has 1 amide bonds. The van der Waals surface area contributed by atoms with Gasteiger partial charge in [-0.1, -0.05) is 39.0 Å². The number of hydrogen-bond acceptors (Lipinski definition) is 2. The van der Waals surface area contributed by atoms with Crippen molar-refractivity contribution < 1.29 is 27.1 Å². The summed E-state index contributed by atoms with van der Waals surface area (Å²) in [6, 6.07) is 6.94. The fraction of sp³-hybridized carbons (Fsp3) is 0.421. The number of carbonyl (C=O) groups excluding carboxylic acids is 1. The maximum Gasteiger partial charge on any atom is 0.421 e. The first kappa shape index (κ1) is 20.8. The average molecular weight is 386 g/mol. The summed E-state index contributed by atoms with van der Waals surface area (Å²) < 4.78 is 58.3. The fourth-order valence-electron chi connectivity index (χ4n) is 2.98. The molecule has 4 nitrogen and oxygen atoms in total. The van der Waals surface area contributed by atoms with Crippen LogP contribution in [0.3, 0.4) is 0 Å². The van der Waals surface area contributed by atoms with E-state index in [4.69, 9.17) is 0 Å². The van der Waals surface area contributed by atoms with Crippen LogP contribution >= 0.6 is 0 Å². The molecule has 0 spiro atoms. The zero-order chi connectivity index (χ0) is 20.4. The van der Waals surface area contributed by atoms with Gasteiger partial charge in [-0.05, 0) is 29.9 Å². The van der Waals surface area contributed by atoms with Crippen LogP contribution in [0.1, 0.15) is 44.2 Å². The Morgan fingerprint density at radius 3 is 2.44 bits per heavy atom. The first-order chi connectivity index (χ1) is 12.5. The highest BCUT2D eigenvalue weighted by Crippen LogP contribution is 2.39. The monoisotopic (exact) mass is 386 g/mol. The second kappa shape index (κ2) is 8.02. The van der Waals surface area contributed by atoms with Gasteiger partial charge in [0.05, 0.1) is 0 Å². The molecule has 0 saturated carbocycles. The highest BCUT2D eigenvalue weighted by atomic mass is 19.4. The van der Waals surface area contributed by atoms with Crippen molar-refractivity contribution in [3.8, 4) is 5.75 Å². The Hall–Kier alpha value is -2.51. The van der Waals surface area contributed by atoms with Gasteiger partial charge in [0.25, 0.3) is 0 Å². The number of aromatic nitrogens is 1.